The Kier molecular flexibility index (Phi) is 7.54. The van der Waals surface area contributed by atoms with Gasteiger partial charge in [-0.3, -0.25) is 19.6 Å². The van der Waals surface area contributed by atoms with Gasteiger partial charge in [0.1, 0.15) is 0 Å². The van der Waals surface area contributed by atoms with E-state index < -0.39 is 20.9 Å². The second-order valence-electron chi connectivity index (χ2n) is 6.53. The van der Waals surface area contributed by atoms with Crippen molar-refractivity contribution in [1.29, 1.82) is 0 Å². The SMILES string of the molecule is O=C(N/N=C\C=C\c1ccccc1[N+](=O)[O-])c1cccc(S(=O)(=O)Nc2ccc(Cl)cc2)c1. The summed E-state index contributed by atoms with van der Waals surface area (Å²) >= 11 is 5.80. The number of sulfonamides is 1. The molecule has 168 valence electrons. The predicted octanol–water partition coefficient (Wildman–Crippen LogP) is 4.48. The van der Waals surface area contributed by atoms with Crippen LogP contribution in [0.25, 0.3) is 6.08 Å². The number of nitro groups is 1. The summed E-state index contributed by atoms with van der Waals surface area (Å²) in [5, 5.41) is 15.2. The molecule has 0 bridgehead atoms. The van der Waals surface area contributed by atoms with Crippen molar-refractivity contribution >= 4 is 51.2 Å². The van der Waals surface area contributed by atoms with Gasteiger partial charge in [-0.1, -0.05) is 29.8 Å². The van der Waals surface area contributed by atoms with Gasteiger partial charge >= 0.3 is 0 Å². The smallest absolute Gasteiger partial charge is 0.276 e. The van der Waals surface area contributed by atoms with Crippen LogP contribution < -0.4 is 10.1 Å². The Morgan fingerprint density at radius 2 is 1.76 bits per heavy atom. The van der Waals surface area contributed by atoms with Gasteiger partial charge in [-0.2, -0.15) is 5.10 Å². The van der Waals surface area contributed by atoms with Crippen LogP contribution in [0.15, 0.2) is 88.9 Å². The number of benzene rings is 3. The lowest BCUT2D eigenvalue weighted by atomic mass is 10.2. The fraction of sp³-hybridized carbons (Fsp3) is 0. The van der Waals surface area contributed by atoms with E-state index in [9.17, 15) is 23.3 Å². The Labute approximate surface area is 194 Å². The molecule has 0 radical (unpaired) electrons. The summed E-state index contributed by atoms with van der Waals surface area (Å²) in [5.74, 6) is -0.631. The third-order valence-corrected chi connectivity index (χ3v) is 5.87. The maximum atomic E-state index is 12.6. The first-order valence-electron chi connectivity index (χ1n) is 9.38. The van der Waals surface area contributed by atoms with Gasteiger partial charge in [-0.15, -0.1) is 0 Å². The zero-order valence-corrected chi connectivity index (χ0v) is 18.5. The minimum absolute atomic E-state index is 0.0589. The lowest BCUT2D eigenvalue weighted by molar-refractivity contribution is -0.385. The van der Waals surface area contributed by atoms with Crippen LogP contribution in [0.5, 0.6) is 0 Å². The van der Waals surface area contributed by atoms with Gasteiger partial charge in [-0.05, 0) is 60.7 Å². The zero-order valence-electron chi connectivity index (χ0n) is 16.9. The highest BCUT2D eigenvalue weighted by atomic mass is 35.5. The quantitative estimate of drug-likeness (QED) is 0.276. The van der Waals surface area contributed by atoms with Crippen LogP contribution in [0.3, 0.4) is 0 Å². The number of anilines is 1. The largest absolute Gasteiger partial charge is 0.280 e. The average molecular weight is 485 g/mol. The van der Waals surface area contributed by atoms with Gasteiger partial charge in [0.2, 0.25) is 0 Å². The number of halogens is 1. The fourth-order valence-corrected chi connectivity index (χ4v) is 3.91. The van der Waals surface area contributed by atoms with Gasteiger partial charge in [0.15, 0.2) is 0 Å². The summed E-state index contributed by atoms with van der Waals surface area (Å²) in [6, 6.07) is 17.7. The van der Waals surface area contributed by atoms with Crippen molar-refractivity contribution in [3.63, 3.8) is 0 Å². The van der Waals surface area contributed by atoms with E-state index in [0.29, 0.717) is 16.3 Å². The molecular formula is C22H17ClN4O5S. The van der Waals surface area contributed by atoms with E-state index >= 15 is 0 Å². The summed E-state index contributed by atoms with van der Waals surface area (Å²) in [6.07, 6.45) is 4.15. The van der Waals surface area contributed by atoms with E-state index in [1.54, 1.807) is 30.3 Å². The van der Waals surface area contributed by atoms with Gasteiger partial charge < -0.3 is 0 Å². The first-order chi connectivity index (χ1) is 15.8. The van der Waals surface area contributed by atoms with E-state index in [-0.39, 0.29) is 16.1 Å². The van der Waals surface area contributed by atoms with Crippen LogP contribution in [-0.4, -0.2) is 25.5 Å². The minimum Gasteiger partial charge on any atom is -0.280 e. The van der Waals surface area contributed by atoms with Crippen LogP contribution in [0, 0.1) is 10.1 Å². The topological polar surface area (TPSA) is 131 Å². The van der Waals surface area contributed by atoms with Crippen molar-refractivity contribution in [2.24, 2.45) is 5.10 Å². The summed E-state index contributed by atoms with van der Waals surface area (Å²) in [6.45, 7) is 0. The summed E-state index contributed by atoms with van der Waals surface area (Å²) in [7, 11) is -3.93. The van der Waals surface area contributed by atoms with E-state index in [1.165, 1.54) is 60.8 Å². The molecule has 0 aromatic heterocycles. The molecule has 0 atom stereocenters. The van der Waals surface area contributed by atoms with Gasteiger partial charge in [0, 0.05) is 28.6 Å². The number of carbonyl (C=O) groups is 1. The Bertz CT molecular complexity index is 1340. The number of nitrogens with zero attached hydrogens (tertiary/aromatic N) is 2. The molecule has 2 N–H and O–H groups in total. The molecule has 0 aliphatic carbocycles. The molecule has 0 saturated carbocycles. The van der Waals surface area contributed by atoms with Crippen molar-refractivity contribution in [2.45, 2.75) is 4.90 Å². The number of hydrazone groups is 1. The highest BCUT2D eigenvalue weighted by molar-refractivity contribution is 7.92. The maximum Gasteiger partial charge on any atom is 0.276 e. The molecule has 0 unspecified atom stereocenters. The molecule has 1 amide bonds. The zero-order chi connectivity index (χ0) is 23.8. The second-order valence-corrected chi connectivity index (χ2v) is 8.65. The first-order valence-corrected chi connectivity index (χ1v) is 11.2. The lowest BCUT2D eigenvalue weighted by Gasteiger charge is -2.09. The number of carbonyl (C=O) groups excluding carboxylic acids is 1. The van der Waals surface area contributed by atoms with Crippen LogP contribution in [0.1, 0.15) is 15.9 Å². The molecule has 3 aromatic carbocycles. The number of hydrogen-bond donors (Lipinski definition) is 2. The van der Waals surface area contributed by atoms with Gasteiger partial charge in [0.05, 0.1) is 15.4 Å². The molecule has 3 rings (SSSR count). The molecule has 0 saturated heterocycles. The number of nitro benzene ring substituents is 1. The number of amides is 1. The van der Waals surface area contributed by atoms with Gasteiger partial charge in [0.25, 0.3) is 21.6 Å². The Balaban J connectivity index is 1.66. The Morgan fingerprint density at radius 1 is 1.03 bits per heavy atom. The van der Waals surface area contributed by atoms with Crippen LogP contribution in [0.2, 0.25) is 5.02 Å². The average Bonchev–Trinajstić information content (AvgIpc) is 2.80. The fourth-order valence-electron chi connectivity index (χ4n) is 2.68. The lowest BCUT2D eigenvalue weighted by Crippen LogP contribution is -2.19. The van der Waals surface area contributed by atoms with Crippen LogP contribution >= 0.6 is 11.6 Å². The number of hydrogen-bond acceptors (Lipinski definition) is 6. The standard InChI is InChI=1S/C22H17ClN4O5S/c23-18-10-12-19(13-11-18)26-33(31,32)20-8-3-6-17(15-20)22(28)25-24-14-4-7-16-5-1-2-9-21(16)27(29)30/h1-15,26H,(H,25,28)/b7-4+,24-14-. The van der Waals surface area contributed by atoms with Crippen molar-refractivity contribution in [3.05, 3.63) is 105 Å². The highest BCUT2D eigenvalue weighted by Gasteiger charge is 2.16. The normalized spacial score (nSPS) is 11.5. The molecule has 9 nitrogen and oxygen atoms in total. The van der Waals surface area contributed by atoms with Gasteiger partial charge in [-0.25, -0.2) is 13.8 Å². The third kappa shape index (κ3) is 6.48. The summed E-state index contributed by atoms with van der Waals surface area (Å²) in [5.41, 5.74) is 3.00. The molecular weight excluding hydrogens is 468 g/mol. The molecule has 0 aliphatic heterocycles. The van der Waals surface area contributed by atoms with E-state index in [2.05, 4.69) is 15.2 Å². The predicted molar refractivity (Wildman–Crippen MR) is 127 cm³/mol. The highest BCUT2D eigenvalue weighted by Crippen LogP contribution is 2.20. The Morgan fingerprint density at radius 3 is 2.48 bits per heavy atom. The van der Waals surface area contributed by atoms with Crippen molar-refractivity contribution in [2.75, 3.05) is 4.72 Å². The molecule has 0 heterocycles. The second kappa shape index (κ2) is 10.5. The molecule has 0 fully saturated rings. The van der Waals surface area contributed by atoms with E-state index in [0.717, 1.165) is 0 Å². The summed E-state index contributed by atoms with van der Waals surface area (Å²) < 4.78 is 27.6. The molecule has 3 aromatic rings. The number of para-hydroxylation sites is 1. The maximum absolute atomic E-state index is 12.6. The third-order valence-electron chi connectivity index (χ3n) is 4.24. The number of allylic oxidation sites excluding steroid dienone is 1. The van der Waals surface area contributed by atoms with Crippen molar-refractivity contribution < 1.29 is 18.1 Å². The summed E-state index contributed by atoms with van der Waals surface area (Å²) in [4.78, 5) is 22.7. The first kappa shape index (κ1) is 23.6. The minimum atomic E-state index is -3.93. The molecule has 0 spiro atoms. The van der Waals surface area contributed by atoms with Crippen molar-refractivity contribution in [1.82, 2.24) is 5.43 Å². The van der Waals surface area contributed by atoms with E-state index in [4.69, 9.17) is 11.6 Å². The van der Waals surface area contributed by atoms with Crippen LogP contribution in [0.4, 0.5) is 11.4 Å². The molecule has 11 heteroatoms. The van der Waals surface area contributed by atoms with Crippen LogP contribution in [-0.2, 0) is 10.0 Å². The number of rotatable bonds is 8. The van der Waals surface area contributed by atoms with E-state index in [1.807, 2.05) is 0 Å². The molecule has 33 heavy (non-hydrogen) atoms. The van der Waals surface area contributed by atoms with Crippen molar-refractivity contribution in [3.8, 4) is 0 Å². The molecule has 0 aliphatic rings. The monoisotopic (exact) mass is 484 g/mol. The number of nitrogens with one attached hydrogen (secondary N) is 2. The Hall–Kier alpha value is -4.02.